The van der Waals surface area contributed by atoms with Gasteiger partial charge in [0.2, 0.25) is 0 Å². The van der Waals surface area contributed by atoms with Gasteiger partial charge >= 0.3 is 18.0 Å². The van der Waals surface area contributed by atoms with Crippen LogP contribution in [0.1, 0.15) is 20.7 Å². The number of benzene rings is 2. The Kier molecular flexibility index (Phi) is 5.30. The van der Waals surface area contributed by atoms with Crippen LogP contribution in [0.25, 0.3) is 0 Å². The number of carbonyl (C=O) groups is 3. The highest BCUT2D eigenvalue weighted by molar-refractivity contribution is 5.94. The Labute approximate surface area is 131 Å². The van der Waals surface area contributed by atoms with Crippen molar-refractivity contribution in [2.75, 3.05) is 7.05 Å². The van der Waals surface area contributed by atoms with E-state index in [0.717, 1.165) is 0 Å². The third-order valence-corrected chi connectivity index (χ3v) is 2.72. The standard InChI is InChI=1S/C16H13NO6/c1-17-16(20)21-13-10-6-5-9-12(13)15(19)23-22-14(18)11-7-3-2-4-8-11/h2-10H,1H3,(H,17,20). The molecule has 0 unspecified atom stereocenters. The molecule has 0 saturated carbocycles. The summed E-state index contributed by atoms with van der Waals surface area (Å²) in [7, 11) is 1.38. The first-order chi connectivity index (χ1) is 11.1. The predicted octanol–water partition coefficient (Wildman–Crippen LogP) is 2.33. The van der Waals surface area contributed by atoms with E-state index in [2.05, 4.69) is 15.1 Å². The fourth-order valence-corrected chi connectivity index (χ4v) is 1.62. The highest BCUT2D eigenvalue weighted by Crippen LogP contribution is 2.19. The topological polar surface area (TPSA) is 90.9 Å². The van der Waals surface area contributed by atoms with Crippen LogP contribution in [-0.2, 0) is 9.78 Å². The molecular formula is C16H13NO6. The molecule has 0 spiro atoms. The molecule has 0 aliphatic heterocycles. The van der Waals surface area contributed by atoms with E-state index in [9.17, 15) is 14.4 Å². The molecule has 0 saturated heterocycles. The van der Waals surface area contributed by atoms with Crippen molar-refractivity contribution in [2.45, 2.75) is 0 Å². The first-order valence-corrected chi connectivity index (χ1v) is 6.58. The molecule has 0 fully saturated rings. The summed E-state index contributed by atoms with van der Waals surface area (Å²) in [6.45, 7) is 0. The molecule has 0 aliphatic rings. The van der Waals surface area contributed by atoms with E-state index in [1.54, 1.807) is 30.3 Å². The van der Waals surface area contributed by atoms with Gasteiger partial charge < -0.3 is 10.1 Å². The minimum Gasteiger partial charge on any atom is -0.409 e. The summed E-state index contributed by atoms with van der Waals surface area (Å²) >= 11 is 0. The van der Waals surface area contributed by atoms with Crippen molar-refractivity contribution >= 4 is 18.0 Å². The molecule has 7 heteroatoms. The molecule has 1 amide bonds. The molecule has 0 atom stereocenters. The number of para-hydroxylation sites is 1. The van der Waals surface area contributed by atoms with Gasteiger partial charge in [0.1, 0.15) is 11.3 Å². The van der Waals surface area contributed by atoms with Crippen LogP contribution < -0.4 is 10.1 Å². The smallest absolute Gasteiger partial charge is 0.409 e. The van der Waals surface area contributed by atoms with Crippen molar-refractivity contribution in [3.8, 4) is 5.75 Å². The summed E-state index contributed by atoms with van der Waals surface area (Å²) < 4.78 is 4.92. The van der Waals surface area contributed by atoms with Crippen molar-refractivity contribution in [3.63, 3.8) is 0 Å². The average molecular weight is 315 g/mol. The number of hydrogen-bond donors (Lipinski definition) is 1. The fourth-order valence-electron chi connectivity index (χ4n) is 1.62. The molecule has 118 valence electrons. The van der Waals surface area contributed by atoms with Crippen LogP contribution in [0.15, 0.2) is 54.6 Å². The quantitative estimate of drug-likeness (QED) is 0.690. The second-order valence-electron chi connectivity index (χ2n) is 4.24. The highest BCUT2D eigenvalue weighted by Gasteiger charge is 2.19. The van der Waals surface area contributed by atoms with Gasteiger partial charge in [0.25, 0.3) is 0 Å². The number of nitrogens with one attached hydrogen (secondary N) is 1. The van der Waals surface area contributed by atoms with Gasteiger partial charge in [-0.3, -0.25) is 0 Å². The van der Waals surface area contributed by atoms with Crippen molar-refractivity contribution in [2.24, 2.45) is 0 Å². The van der Waals surface area contributed by atoms with E-state index in [1.807, 2.05) is 0 Å². The van der Waals surface area contributed by atoms with Crippen LogP contribution in [0.5, 0.6) is 5.75 Å². The molecule has 0 bridgehead atoms. The monoisotopic (exact) mass is 315 g/mol. The second kappa shape index (κ2) is 7.60. The zero-order chi connectivity index (χ0) is 16.7. The first kappa shape index (κ1) is 16.0. The molecule has 2 aromatic rings. The number of amides is 1. The average Bonchev–Trinajstić information content (AvgIpc) is 2.60. The zero-order valence-corrected chi connectivity index (χ0v) is 12.1. The SMILES string of the molecule is CNC(=O)Oc1ccccc1C(=O)OOC(=O)c1ccccc1. The molecule has 7 nitrogen and oxygen atoms in total. The summed E-state index contributed by atoms with van der Waals surface area (Å²) in [5, 5.41) is 2.25. The minimum atomic E-state index is -0.964. The van der Waals surface area contributed by atoms with E-state index in [0.29, 0.717) is 0 Å². The van der Waals surface area contributed by atoms with Crippen LogP contribution in [0.3, 0.4) is 0 Å². The van der Waals surface area contributed by atoms with Crippen LogP contribution >= 0.6 is 0 Å². The summed E-state index contributed by atoms with van der Waals surface area (Å²) in [6, 6.07) is 13.9. The molecule has 0 aliphatic carbocycles. The summed E-state index contributed by atoms with van der Waals surface area (Å²) in [5.74, 6) is -1.80. The molecule has 2 aromatic carbocycles. The lowest BCUT2D eigenvalue weighted by molar-refractivity contribution is -0.187. The van der Waals surface area contributed by atoms with Gasteiger partial charge in [-0.05, 0) is 24.3 Å². The van der Waals surface area contributed by atoms with E-state index >= 15 is 0 Å². The van der Waals surface area contributed by atoms with Gasteiger partial charge in [-0.2, -0.15) is 0 Å². The molecule has 0 radical (unpaired) electrons. The third kappa shape index (κ3) is 4.31. The minimum absolute atomic E-state index is 0.0207. The number of carbonyl (C=O) groups excluding carboxylic acids is 3. The number of ether oxygens (including phenoxy) is 1. The Hall–Kier alpha value is -3.35. The Morgan fingerprint density at radius 3 is 2.13 bits per heavy atom. The van der Waals surface area contributed by atoms with Gasteiger partial charge in [0.15, 0.2) is 0 Å². The Morgan fingerprint density at radius 1 is 0.826 bits per heavy atom. The van der Waals surface area contributed by atoms with Crippen LogP contribution in [0.4, 0.5) is 4.79 Å². The van der Waals surface area contributed by atoms with E-state index in [1.165, 1.54) is 31.3 Å². The maximum Gasteiger partial charge on any atom is 0.412 e. The predicted molar refractivity (Wildman–Crippen MR) is 78.8 cm³/mol. The molecule has 1 N–H and O–H groups in total. The van der Waals surface area contributed by atoms with Crippen LogP contribution in [-0.4, -0.2) is 25.1 Å². The van der Waals surface area contributed by atoms with Crippen molar-refractivity contribution in [1.29, 1.82) is 0 Å². The van der Waals surface area contributed by atoms with Gasteiger partial charge in [-0.25, -0.2) is 24.2 Å². The van der Waals surface area contributed by atoms with Crippen molar-refractivity contribution in [1.82, 2.24) is 5.32 Å². The maximum atomic E-state index is 12.0. The van der Waals surface area contributed by atoms with Crippen LogP contribution in [0, 0.1) is 0 Å². The lowest BCUT2D eigenvalue weighted by Crippen LogP contribution is -2.23. The number of rotatable bonds is 3. The Balaban J connectivity index is 2.04. The van der Waals surface area contributed by atoms with Crippen molar-refractivity contribution < 1.29 is 28.9 Å². The van der Waals surface area contributed by atoms with Crippen molar-refractivity contribution in [3.05, 3.63) is 65.7 Å². The van der Waals surface area contributed by atoms with Gasteiger partial charge in [-0.15, -0.1) is 0 Å². The van der Waals surface area contributed by atoms with Gasteiger partial charge in [0, 0.05) is 7.05 Å². The lowest BCUT2D eigenvalue weighted by Gasteiger charge is -2.08. The van der Waals surface area contributed by atoms with E-state index in [4.69, 9.17) is 4.74 Å². The van der Waals surface area contributed by atoms with E-state index in [-0.39, 0.29) is 16.9 Å². The Bertz CT molecular complexity index is 714. The normalized spacial score (nSPS) is 9.61. The lowest BCUT2D eigenvalue weighted by atomic mass is 10.2. The summed E-state index contributed by atoms with van der Waals surface area (Å²) in [4.78, 5) is 43.9. The van der Waals surface area contributed by atoms with Crippen LogP contribution in [0.2, 0.25) is 0 Å². The second-order valence-corrected chi connectivity index (χ2v) is 4.24. The maximum absolute atomic E-state index is 12.0. The van der Waals surface area contributed by atoms with Gasteiger partial charge in [0.05, 0.1) is 5.56 Å². The largest absolute Gasteiger partial charge is 0.412 e. The first-order valence-electron chi connectivity index (χ1n) is 6.58. The number of hydrogen-bond acceptors (Lipinski definition) is 6. The highest BCUT2D eigenvalue weighted by atomic mass is 17.2. The molecule has 23 heavy (non-hydrogen) atoms. The Morgan fingerprint density at radius 2 is 1.43 bits per heavy atom. The fraction of sp³-hybridized carbons (Fsp3) is 0.0625. The summed E-state index contributed by atoms with van der Waals surface area (Å²) in [6.07, 6.45) is -0.744. The third-order valence-electron chi connectivity index (χ3n) is 2.72. The molecular weight excluding hydrogens is 302 g/mol. The summed E-state index contributed by atoms with van der Waals surface area (Å²) in [5.41, 5.74) is 0.173. The molecule has 0 heterocycles. The molecule has 2 rings (SSSR count). The van der Waals surface area contributed by atoms with E-state index < -0.39 is 18.0 Å². The van der Waals surface area contributed by atoms with Gasteiger partial charge in [-0.1, -0.05) is 30.3 Å². The molecule has 0 aromatic heterocycles. The zero-order valence-electron chi connectivity index (χ0n) is 12.1.